The summed E-state index contributed by atoms with van der Waals surface area (Å²) < 4.78 is 8.91. The number of carbonyl (C=O) groups excluding carboxylic acids is 5. The molecule has 5 N–H and O–H groups in total. The standard InChI is InChI=1S/C37H47N5O4S.C36H45N5O4S/c1-5-27(2)34(40-35(43)20-31-23-42(26-38-31)21-28-12-7-6-8-13-28)24-41(22-30-16-11-15-29-14-9-10-17-32(29)30)25-36(44)39-33(18-19-47-4)37(45)46-3;1-4-26(2)33(39-34(42)19-30-22-41(25-37-30)20-27-11-6-5-7-12-27)23-40(24-35(43)38-32(36(44)45)17-18-46-3)21-29-15-10-14-28-13-8-9-16-31(28)29/h6-17,23,26-27,33-34H,5,18-22,24-25H2,1-4H3,(H,39,44)(H,40,43);5-16,22,25-26,32-33H,4,17-21,23-24H2,1-3H3,(H,38,43)(H,39,42)(H,44,45)/t27-,33-,34+;26-,32-,33+/m00/s1. The maximum Gasteiger partial charge on any atom is 0.328 e. The number of rotatable bonds is 36. The summed E-state index contributed by atoms with van der Waals surface area (Å²) in [6.07, 6.45) is 14.0. The molecule has 494 valence electrons. The molecule has 0 fully saturated rings. The molecule has 0 bridgehead atoms. The Morgan fingerprint density at radius 2 is 0.925 bits per heavy atom. The molecule has 0 aliphatic heterocycles. The zero-order valence-electron chi connectivity index (χ0n) is 54.7. The molecule has 8 rings (SSSR count). The van der Waals surface area contributed by atoms with Crippen LogP contribution in [0.2, 0.25) is 0 Å². The number of nitrogens with one attached hydrogen (secondary N) is 4. The summed E-state index contributed by atoms with van der Waals surface area (Å²) in [5, 5.41) is 26.2. The third kappa shape index (κ3) is 23.6. The van der Waals surface area contributed by atoms with E-state index in [4.69, 9.17) is 4.74 Å². The Labute approximate surface area is 556 Å². The molecule has 6 aromatic carbocycles. The fraction of sp³-hybridized carbons (Fsp3) is 0.397. The highest BCUT2D eigenvalue weighted by atomic mass is 32.2. The van der Waals surface area contributed by atoms with Crippen LogP contribution in [0.15, 0.2) is 171 Å². The summed E-state index contributed by atoms with van der Waals surface area (Å²) in [6, 6.07) is 46.7. The van der Waals surface area contributed by atoms with Crippen molar-refractivity contribution in [3.63, 3.8) is 0 Å². The number of carboxylic acid groups (broad SMARTS) is 1. The lowest BCUT2D eigenvalue weighted by molar-refractivity contribution is -0.145. The number of ether oxygens (including phenoxy) is 1. The smallest absolute Gasteiger partial charge is 0.328 e. The number of carbonyl (C=O) groups is 6. The van der Waals surface area contributed by atoms with Gasteiger partial charge in [0.15, 0.2) is 0 Å². The molecule has 0 radical (unpaired) electrons. The molecule has 0 unspecified atom stereocenters. The fourth-order valence-electron chi connectivity index (χ4n) is 11.2. The highest BCUT2D eigenvalue weighted by Crippen LogP contribution is 2.24. The molecule has 0 aliphatic carbocycles. The Hall–Kier alpha value is -8.30. The van der Waals surface area contributed by atoms with E-state index in [1.165, 1.54) is 7.11 Å². The average Bonchev–Trinajstić information content (AvgIpc) is 2.05. The van der Waals surface area contributed by atoms with Crippen LogP contribution in [0, 0.1) is 11.8 Å². The molecule has 8 aromatic rings. The number of fused-ring (bicyclic) bond motifs is 2. The van der Waals surface area contributed by atoms with Crippen LogP contribution in [-0.4, -0.2) is 151 Å². The molecule has 2 aromatic heterocycles. The van der Waals surface area contributed by atoms with Gasteiger partial charge in [0.2, 0.25) is 23.6 Å². The normalized spacial score (nSPS) is 13.3. The number of esters is 1. The molecule has 0 saturated heterocycles. The van der Waals surface area contributed by atoms with Crippen LogP contribution in [0.25, 0.3) is 21.5 Å². The fourth-order valence-corrected chi connectivity index (χ4v) is 12.1. The van der Waals surface area contributed by atoms with Gasteiger partial charge in [-0.2, -0.15) is 23.5 Å². The first-order chi connectivity index (χ1) is 45.0. The molecular weight excluding hydrogens is 1210 g/mol. The maximum absolute atomic E-state index is 13.5. The van der Waals surface area contributed by atoms with Gasteiger partial charge in [-0.15, -0.1) is 0 Å². The van der Waals surface area contributed by atoms with E-state index in [9.17, 15) is 33.9 Å². The lowest BCUT2D eigenvalue weighted by atomic mass is 9.97. The number of amides is 4. The van der Waals surface area contributed by atoms with Crippen molar-refractivity contribution in [2.75, 3.05) is 57.3 Å². The van der Waals surface area contributed by atoms with Crippen LogP contribution in [0.4, 0.5) is 0 Å². The Balaban J connectivity index is 0.000000264. The van der Waals surface area contributed by atoms with Crippen molar-refractivity contribution in [3.05, 3.63) is 204 Å². The van der Waals surface area contributed by atoms with Crippen molar-refractivity contribution in [1.82, 2.24) is 50.2 Å². The highest BCUT2D eigenvalue weighted by Gasteiger charge is 2.29. The van der Waals surface area contributed by atoms with Crippen LogP contribution >= 0.6 is 23.5 Å². The van der Waals surface area contributed by atoms with E-state index in [-0.39, 0.29) is 73.5 Å². The van der Waals surface area contributed by atoms with E-state index in [2.05, 4.69) is 131 Å². The van der Waals surface area contributed by atoms with Crippen LogP contribution in [0.1, 0.15) is 87.0 Å². The number of methoxy groups -OCH3 is 1. The zero-order chi connectivity index (χ0) is 66.5. The first kappa shape index (κ1) is 72.1. The third-order valence-corrected chi connectivity index (χ3v) is 18.0. The van der Waals surface area contributed by atoms with Crippen LogP contribution in [0.5, 0.6) is 0 Å². The van der Waals surface area contributed by atoms with Crippen molar-refractivity contribution in [2.45, 2.75) is 117 Å². The lowest BCUT2D eigenvalue weighted by Crippen LogP contribution is -2.51. The number of benzene rings is 6. The van der Waals surface area contributed by atoms with E-state index >= 15 is 0 Å². The van der Waals surface area contributed by atoms with Gasteiger partial charge < -0.3 is 40.2 Å². The second kappa shape index (κ2) is 38.0. The summed E-state index contributed by atoms with van der Waals surface area (Å²) in [5.41, 5.74) is 5.85. The van der Waals surface area contributed by atoms with Gasteiger partial charge in [0, 0.05) is 63.7 Å². The minimum Gasteiger partial charge on any atom is -0.480 e. The number of aromatic nitrogens is 4. The van der Waals surface area contributed by atoms with Crippen molar-refractivity contribution < 1.29 is 38.6 Å². The highest BCUT2D eigenvalue weighted by molar-refractivity contribution is 7.98. The van der Waals surface area contributed by atoms with Crippen molar-refractivity contribution in [3.8, 4) is 0 Å². The van der Waals surface area contributed by atoms with Gasteiger partial charge in [0.25, 0.3) is 0 Å². The summed E-state index contributed by atoms with van der Waals surface area (Å²) in [7, 11) is 1.33. The Kier molecular flexibility index (Phi) is 29.5. The maximum atomic E-state index is 13.5. The number of hydrogen-bond donors (Lipinski definition) is 5. The molecule has 2 heterocycles. The molecule has 20 heteroatoms. The number of imidazole rings is 2. The van der Waals surface area contributed by atoms with Crippen LogP contribution in [-0.2, 0) is 72.5 Å². The van der Waals surface area contributed by atoms with Gasteiger partial charge in [0.1, 0.15) is 12.1 Å². The average molecular weight is 1300 g/mol. The molecule has 0 saturated carbocycles. The topological polar surface area (TPSA) is 222 Å². The third-order valence-electron chi connectivity index (χ3n) is 16.7. The Morgan fingerprint density at radius 3 is 1.33 bits per heavy atom. The second-order valence-electron chi connectivity index (χ2n) is 23.8. The lowest BCUT2D eigenvalue weighted by Gasteiger charge is -2.31. The monoisotopic (exact) mass is 1300 g/mol. The van der Waals surface area contributed by atoms with Crippen molar-refractivity contribution in [2.24, 2.45) is 11.8 Å². The zero-order valence-corrected chi connectivity index (χ0v) is 56.4. The molecule has 0 spiro atoms. The van der Waals surface area contributed by atoms with Gasteiger partial charge in [-0.05, 0) is 92.5 Å². The second-order valence-corrected chi connectivity index (χ2v) is 25.8. The van der Waals surface area contributed by atoms with E-state index in [0.717, 1.165) is 56.6 Å². The van der Waals surface area contributed by atoms with Crippen LogP contribution in [0.3, 0.4) is 0 Å². The number of thioether (sulfide) groups is 2. The summed E-state index contributed by atoms with van der Waals surface area (Å²) in [5.74, 6) is -0.737. The SMILES string of the molecule is CC[C@H](C)[C@@H](CN(CC(=O)N[C@@H](CCSC)C(=O)O)Cc1cccc2ccccc12)NC(=O)Cc1cn(Cc2ccccc2)cn1.CC[C@H](C)[C@@H](CN(CC(=O)N[C@@H](CCSC)C(=O)OC)Cc1cccc2ccccc12)NC(=O)Cc1cn(Cc2ccccc2)cn1. The van der Waals surface area contributed by atoms with Crippen LogP contribution < -0.4 is 21.3 Å². The van der Waals surface area contributed by atoms with Gasteiger partial charge >= 0.3 is 11.9 Å². The summed E-state index contributed by atoms with van der Waals surface area (Å²) >= 11 is 3.15. The Morgan fingerprint density at radius 1 is 0.527 bits per heavy atom. The van der Waals surface area contributed by atoms with Gasteiger partial charge in [-0.1, -0.05) is 186 Å². The number of nitrogens with zero attached hydrogens (tertiary/aromatic N) is 6. The van der Waals surface area contributed by atoms with Gasteiger partial charge in [-0.25, -0.2) is 19.6 Å². The van der Waals surface area contributed by atoms with E-state index in [1.807, 2.05) is 118 Å². The molecular formula is C73H92N10O8S2. The summed E-state index contributed by atoms with van der Waals surface area (Å²) in [6.45, 7) is 11.6. The van der Waals surface area contributed by atoms with Gasteiger partial charge in [0.05, 0.1) is 57.1 Å². The number of hydrogen-bond acceptors (Lipinski definition) is 13. The predicted octanol–water partition coefficient (Wildman–Crippen LogP) is 10.1. The van der Waals surface area contributed by atoms with E-state index in [1.54, 1.807) is 36.2 Å². The number of carboxylic acids is 1. The molecule has 0 aliphatic rings. The van der Waals surface area contributed by atoms with Gasteiger partial charge in [-0.3, -0.25) is 29.0 Å². The first-order valence-electron chi connectivity index (χ1n) is 32.0. The summed E-state index contributed by atoms with van der Waals surface area (Å²) in [4.78, 5) is 90.8. The first-order valence-corrected chi connectivity index (χ1v) is 34.8. The minimum atomic E-state index is -1.04. The molecule has 4 amide bonds. The number of aliphatic carboxylic acids is 1. The molecule has 93 heavy (non-hydrogen) atoms. The van der Waals surface area contributed by atoms with E-state index < -0.39 is 24.0 Å². The van der Waals surface area contributed by atoms with E-state index in [0.29, 0.717) is 75.0 Å². The minimum absolute atomic E-state index is 0.00103. The van der Waals surface area contributed by atoms with Crippen molar-refractivity contribution in [1.29, 1.82) is 0 Å². The van der Waals surface area contributed by atoms with Crippen molar-refractivity contribution >= 4 is 80.6 Å². The molecule has 6 atom stereocenters. The largest absolute Gasteiger partial charge is 0.480 e. The quantitative estimate of drug-likeness (QED) is 0.0231. The molecule has 18 nitrogen and oxygen atoms in total. The predicted molar refractivity (Wildman–Crippen MR) is 374 cm³/mol. The Bertz CT molecular complexity index is 3630.